The van der Waals surface area contributed by atoms with Crippen molar-refractivity contribution in [3.05, 3.63) is 24.4 Å². The number of ether oxygens (including phenoxy) is 2. The van der Waals surface area contributed by atoms with Gasteiger partial charge in [0, 0.05) is 11.6 Å². The van der Waals surface area contributed by atoms with Crippen LogP contribution < -0.4 is 15.2 Å². The van der Waals surface area contributed by atoms with Crippen LogP contribution in [0, 0.1) is 0 Å². The molecular formula is C11H13N3O2. The van der Waals surface area contributed by atoms with E-state index in [4.69, 9.17) is 15.2 Å². The number of methoxy groups -OCH3 is 2. The summed E-state index contributed by atoms with van der Waals surface area (Å²) < 4.78 is 10.4. The smallest absolute Gasteiger partial charge is 0.123 e. The van der Waals surface area contributed by atoms with Crippen molar-refractivity contribution in [3.63, 3.8) is 0 Å². The molecule has 0 atom stereocenters. The molecule has 5 nitrogen and oxygen atoms in total. The number of nitrogens with one attached hydrogen (secondary N) is 1. The van der Waals surface area contributed by atoms with Crippen LogP contribution in [0.15, 0.2) is 24.4 Å². The second-order valence-corrected chi connectivity index (χ2v) is 3.30. The van der Waals surface area contributed by atoms with Crippen LogP contribution in [0.25, 0.3) is 11.3 Å². The molecule has 16 heavy (non-hydrogen) atoms. The summed E-state index contributed by atoms with van der Waals surface area (Å²) >= 11 is 0. The summed E-state index contributed by atoms with van der Waals surface area (Å²) in [7, 11) is 3.21. The van der Waals surface area contributed by atoms with Crippen molar-refractivity contribution in [2.24, 2.45) is 0 Å². The number of H-pyrrole nitrogens is 1. The van der Waals surface area contributed by atoms with E-state index in [1.165, 1.54) is 0 Å². The zero-order valence-corrected chi connectivity index (χ0v) is 9.15. The molecule has 0 radical (unpaired) electrons. The molecule has 0 amide bonds. The van der Waals surface area contributed by atoms with Gasteiger partial charge in [0.25, 0.3) is 0 Å². The first kappa shape index (κ1) is 10.4. The van der Waals surface area contributed by atoms with E-state index < -0.39 is 0 Å². The molecule has 0 unspecified atom stereocenters. The zero-order valence-electron chi connectivity index (χ0n) is 9.15. The summed E-state index contributed by atoms with van der Waals surface area (Å²) in [5, 5.41) is 6.72. The standard InChI is InChI=1S/C11H13N3O2/c1-15-8-3-7(4-9(5-8)16-2)11-10(12)6-13-14-11/h3-6H,12H2,1-2H3,(H,13,14). The topological polar surface area (TPSA) is 73.2 Å². The minimum absolute atomic E-state index is 0.593. The summed E-state index contributed by atoms with van der Waals surface area (Å²) in [4.78, 5) is 0. The Morgan fingerprint density at radius 2 is 1.75 bits per heavy atom. The Bertz CT molecular complexity index is 471. The van der Waals surface area contributed by atoms with E-state index in [2.05, 4.69) is 10.2 Å². The Hall–Kier alpha value is -2.17. The van der Waals surface area contributed by atoms with E-state index in [9.17, 15) is 0 Å². The highest BCUT2D eigenvalue weighted by Gasteiger charge is 2.08. The third-order valence-corrected chi connectivity index (χ3v) is 2.31. The van der Waals surface area contributed by atoms with Gasteiger partial charge in [-0.3, -0.25) is 5.10 Å². The molecule has 0 aliphatic carbocycles. The molecule has 2 aromatic rings. The number of anilines is 1. The van der Waals surface area contributed by atoms with Gasteiger partial charge in [-0.2, -0.15) is 5.10 Å². The van der Waals surface area contributed by atoms with Crippen LogP contribution in [0.5, 0.6) is 11.5 Å². The molecule has 2 rings (SSSR count). The van der Waals surface area contributed by atoms with Crippen molar-refractivity contribution in [2.75, 3.05) is 20.0 Å². The number of nitrogens with zero attached hydrogens (tertiary/aromatic N) is 1. The van der Waals surface area contributed by atoms with Crippen LogP contribution in [0.3, 0.4) is 0 Å². The summed E-state index contributed by atoms with van der Waals surface area (Å²) in [6, 6.07) is 5.54. The number of nitrogens with two attached hydrogens (primary N) is 1. The van der Waals surface area contributed by atoms with Gasteiger partial charge in [0.1, 0.15) is 11.5 Å². The first-order valence-corrected chi connectivity index (χ1v) is 4.77. The zero-order chi connectivity index (χ0) is 11.5. The molecule has 1 aromatic heterocycles. The first-order valence-electron chi connectivity index (χ1n) is 4.77. The Kier molecular flexibility index (Phi) is 2.68. The lowest BCUT2D eigenvalue weighted by molar-refractivity contribution is 0.394. The highest BCUT2D eigenvalue weighted by Crippen LogP contribution is 2.31. The number of nitrogen functional groups attached to an aromatic ring is 1. The predicted molar refractivity (Wildman–Crippen MR) is 61.5 cm³/mol. The molecule has 0 fully saturated rings. The maximum atomic E-state index is 5.78. The second-order valence-electron chi connectivity index (χ2n) is 3.30. The summed E-state index contributed by atoms with van der Waals surface area (Å²) in [6.45, 7) is 0. The average molecular weight is 219 g/mol. The van der Waals surface area contributed by atoms with E-state index in [0.29, 0.717) is 17.2 Å². The van der Waals surface area contributed by atoms with Crippen molar-refractivity contribution in [1.82, 2.24) is 10.2 Å². The van der Waals surface area contributed by atoms with Crippen LogP contribution in [-0.4, -0.2) is 24.4 Å². The number of benzene rings is 1. The second kappa shape index (κ2) is 4.14. The number of rotatable bonds is 3. The third-order valence-electron chi connectivity index (χ3n) is 2.31. The lowest BCUT2D eigenvalue weighted by atomic mass is 10.1. The molecule has 0 aliphatic heterocycles. The van der Waals surface area contributed by atoms with Crippen molar-refractivity contribution in [3.8, 4) is 22.8 Å². The van der Waals surface area contributed by atoms with Crippen LogP contribution >= 0.6 is 0 Å². The molecule has 0 spiro atoms. The highest BCUT2D eigenvalue weighted by molar-refractivity contribution is 5.74. The summed E-state index contributed by atoms with van der Waals surface area (Å²) in [5.74, 6) is 1.42. The lowest BCUT2D eigenvalue weighted by Gasteiger charge is -2.07. The third kappa shape index (κ3) is 1.79. The molecule has 0 saturated carbocycles. The van der Waals surface area contributed by atoms with Crippen LogP contribution in [0.4, 0.5) is 5.69 Å². The maximum absolute atomic E-state index is 5.78. The number of aromatic amines is 1. The first-order chi connectivity index (χ1) is 7.74. The van der Waals surface area contributed by atoms with Crippen molar-refractivity contribution < 1.29 is 9.47 Å². The average Bonchev–Trinajstić information content (AvgIpc) is 2.74. The monoisotopic (exact) mass is 219 g/mol. The van der Waals surface area contributed by atoms with Gasteiger partial charge in [-0.15, -0.1) is 0 Å². The van der Waals surface area contributed by atoms with Crippen molar-refractivity contribution in [1.29, 1.82) is 0 Å². The minimum atomic E-state index is 0.593. The molecule has 1 aromatic carbocycles. The van der Waals surface area contributed by atoms with Gasteiger partial charge in [0.05, 0.1) is 31.8 Å². The Morgan fingerprint density at radius 3 is 2.19 bits per heavy atom. The van der Waals surface area contributed by atoms with Gasteiger partial charge in [-0.1, -0.05) is 0 Å². The van der Waals surface area contributed by atoms with Gasteiger partial charge >= 0.3 is 0 Å². The number of hydrogen-bond donors (Lipinski definition) is 2. The molecule has 3 N–H and O–H groups in total. The summed E-state index contributed by atoms with van der Waals surface area (Å²) in [6.07, 6.45) is 1.57. The molecule has 84 valence electrons. The van der Waals surface area contributed by atoms with E-state index in [-0.39, 0.29) is 0 Å². The molecule has 0 aliphatic rings. The molecule has 0 saturated heterocycles. The molecule has 0 bridgehead atoms. The van der Waals surface area contributed by atoms with Gasteiger partial charge in [0.2, 0.25) is 0 Å². The molecule has 1 heterocycles. The maximum Gasteiger partial charge on any atom is 0.123 e. The van der Waals surface area contributed by atoms with Crippen LogP contribution in [0.2, 0.25) is 0 Å². The minimum Gasteiger partial charge on any atom is -0.497 e. The van der Waals surface area contributed by atoms with Crippen molar-refractivity contribution >= 4 is 5.69 Å². The fourth-order valence-corrected chi connectivity index (χ4v) is 1.48. The fraction of sp³-hybridized carbons (Fsp3) is 0.182. The van der Waals surface area contributed by atoms with E-state index in [1.807, 2.05) is 12.1 Å². The van der Waals surface area contributed by atoms with Gasteiger partial charge in [-0.25, -0.2) is 0 Å². The van der Waals surface area contributed by atoms with E-state index in [0.717, 1.165) is 11.3 Å². The molecule has 5 heteroatoms. The fourth-order valence-electron chi connectivity index (χ4n) is 1.48. The largest absolute Gasteiger partial charge is 0.497 e. The lowest BCUT2D eigenvalue weighted by Crippen LogP contribution is -1.91. The van der Waals surface area contributed by atoms with Gasteiger partial charge < -0.3 is 15.2 Å². The van der Waals surface area contributed by atoms with Crippen molar-refractivity contribution in [2.45, 2.75) is 0 Å². The Labute approximate surface area is 93.2 Å². The number of aromatic nitrogens is 2. The highest BCUT2D eigenvalue weighted by atomic mass is 16.5. The summed E-state index contributed by atoms with van der Waals surface area (Å²) in [5.41, 5.74) is 8.02. The van der Waals surface area contributed by atoms with E-state index in [1.54, 1.807) is 26.5 Å². The van der Waals surface area contributed by atoms with Gasteiger partial charge in [-0.05, 0) is 12.1 Å². The van der Waals surface area contributed by atoms with Gasteiger partial charge in [0.15, 0.2) is 0 Å². The normalized spacial score (nSPS) is 10.1. The SMILES string of the molecule is COc1cc(OC)cc(-c2[nH]ncc2N)c1. The number of hydrogen-bond acceptors (Lipinski definition) is 4. The Morgan fingerprint density at radius 1 is 1.12 bits per heavy atom. The predicted octanol–water partition coefficient (Wildman–Crippen LogP) is 1.68. The quantitative estimate of drug-likeness (QED) is 0.823. The van der Waals surface area contributed by atoms with E-state index >= 15 is 0 Å². The van der Waals surface area contributed by atoms with Crippen LogP contribution in [-0.2, 0) is 0 Å². The van der Waals surface area contributed by atoms with Crippen LogP contribution in [0.1, 0.15) is 0 Å². The Balaban J connectivity index is 2.52. The molecular weight excluding hydrogens is 206 g/mol.